The van der Waals surface area contributed by atoms with Gasteiger partial charge in [0.2, 0.25) is 5.88 Å². The summed E-state index contributed by atoms with van der Waals surface area (Å²) in [6.07, 6.45) is 5.35. The van der Waals surface area contributed by atoms with Crippen LogP contribution >= 0.6 is 0 Å². The number of nitrogens with one attached hydrogen (secondary N) is 2. The number of pyridine rings is 4. The Balaban J connectivity index is 1.63. The van der Waals surface area contributed by atoms with E-state index in [1.807, 2.05) is 43.4 Å². The molecule has 0 spiro atoms. The Hall–Kier alpha value is -4.22. The van der Waals surface area contributed by atoms with Crippen LogP contribution in [0.25, 0.3) is 10.8 Å². The van der Waals surface area contributed by atoms with Crippen molar-refractivity contribution in [2.45, 2.75) is 6.54 Å². The number of hydrogen-bond acceptors (Lipinski definition) is 8. The number of aromatic nitrogens is 4. The monoisotopic (exact) mass is 437 g/mol. The van der Waals surface area contributed by atoms with Gasteiger partial charge in [-0.05, 0) is 42.8 Å². The maximum atomic E-state index is 5.88. The second-order valence-corrected chi connectivity index (χ2v) is 7.76. The number of ether oxygens (including phenoxy) is 1. The zero-order valence-electron chi connectivity index (χ0n) is 18.5. The third-order valence-corrected chi connectivity index (χ3v) is 5.31. The summed E-state index contributed by atoms with van der Waals surface area (Å²) < 4.78 is 5.88. The van der Waals surface area contributed by atoms with Crippen LogP contribution in [0.4, 0.5) is 17.5 Å². The Labute approximate surface area is 192 Å². The first kappa shape index (κ1) is 20.7. The summed E-state index contributed by atoms with van der Waals surface area (Å²) in [7, 11) is 3.90. The Bertz CT molecular complexity index is 1380. The molecule has 0 saturated heterocycles. The van der Waals surface area contributed by atoms with Gasteiger partial charge in [-0.2, -0.15) is 4.98 Å². The fraction of sp³-hybridized carbons (Fsp3) is 0.200. The van der Waals surface area contributed by atoms with E-state index in [0.717, 1.165) is 46.5 Å². The highest BCUT2D eigenvalue weighted by atomic mass is 16.5. The van der Waals surface area contributed by atoms with Gasteiger partial charge in [0.05, 0.1) is 5.56 Å². The fourth-order valence-corrected chi connectivity index (χ4v) is 3.67. The molecule has 4 aromatic rings. The average molecular weight is 438 g/mol. The minimum absolute atomic E-state index is 0.530. The third-order valence-electron chi connectivity index (χ3n) is 5.31. The topological polar surface area (TPSA) is 88.1 Å². The summed E-state index contributed by atoms with van der Waals surface area (Å²) in [5, 5.41) is 8.21. The molecule has 0 radical (unpaired) electrons. The molecule has 1 aliphatic rings. The predicted octanol–water partition coefficient (Wildman–Crippen LogP) is 3.43. The molecule has 0 saturated carbocycles. The first-order chi connectivity index (χ1) is 16.2. The van der Waals surface area contributed by atoms with Crippen molar-refractivity contribution in [3.63, 3.8) is 0 Å². The highest BCUT2D eigenvalue weighted by molar-refractivity contribution is 5.96. The minimum atomic E-state index is 0.530. The summed E-state index contributed by atoms with van der Waals surface area (Å²) in [6, 6.07) is 11.6. The van der Waals surface area contributed by atoms with Crippen molar-refractivity contribution in [1.29, 1.82) is 0 Å². The third kappa shape index (κ3) is 4.68. The van der Waals surface area contributed by atoms with Crippen molar-refractivity contribution in [3.05, 3.63) is 71.8 Å². The average Bonchev–Trinajstić information content (AvgIpc) is 2.82. The quantitative estimate of drug-likeness (QED) is 0.438. The maximum Gasteiger partial charge on any atom is 0.215 e. The van der Waals surface area contributed by atoms with Crippen LogP contribution in [0.15, 0.2) is 55.0 Å². The Morgan fingerprint density at radius 1 is 1.03 bits per heavy atom. The fourth-order valence-electron chi connectivity index (χ4n) is 3.67. The van der Waals surface area contributed by atoms with E-state index in [1.54, 1.807) is 18.6 Å². The molecule has 5 heterocycles. The van der Waals surface area contributed by atoms with Gasteiger partial charge >= 0.3 is 0 Å². The van der Waals surface area contributed by atoms with Crippen molar-refractivity contribution in [3.8, 4) is 17.7 Å². The molecular formula is C25H23N7O. The molecule has 0 aromatic carbocycles. The van der Waals surface area contributed by atoms with Gasteiger partial charge < -0.3 is 15.4 Å². The number of anilines is 3. The normalized spacial score (nSPS) is 13.8. The highest BCUT2D eigenvalue weighted by Crippen LogP contribution is 2.27. The summed E-state index contributed by atoms with van der Waals surface area (Å²) >= 11 is 0. The predicted molar refractivity (Wildman–Crippen MR) is 129 cm³/mol. The molecule has 0 aliphatic carbocycles. The molecule has 0 amide bonds. The van der Waals surface area contributed by atoms with E-state index in [1.165, 1.54) is 0 Å². The maximum absolute atomic E-state index is 5.88. The molecule has 0 unspecified atom stereocenters. The molecule has 8 nitrogen and oxygen atoms in total. The summed E-state index contributed by atoms with van der Waals surface area (Å²) in [5.41, 5.74) is 2.66. The van der Waals surface area contributed by atoms with E-state index in [-0.39, 0.29) is 0 Å². The van der Waals surface area contributed by atoms with Gasteiger partial charge in [0.25, 0.3) is 0 Å². The molecule has 164 valence electrons. The van der Waals surface area contributed by atoms with Gasteiger partial charge in [-0.15, -0.1) is 0 Å². The van der Waals surface area contributed by atoms with Crippen molar-refractivity contribution < 1.29 is 4.74 Å². The minimum Gasteiger partial charge on any atom is -0.476 e. The lowest BCUT2D eigenvalue weighted by atomic mass is 10.1. The van der Waals surface area contributed by atoms with Crippen LogP contribution in [0.3, 0.4) is 0 Å². The summed E-state index contributed by atoms with van der Waals surface area (Å²) in [6.45, 7) is 2.06. The molecule has 8 heteroatoms. The SMILES string of the molecule is CNc1ncc2c3cc(ncc13)Nc1cccc(n1)OCCN(C)Cc1ccnc(c1)C#C2. The van der Waals surface area contributed by atoms with Gasteiger partial charge in [0, 0.05) is 55.6 Å². The second kappa shape index (κ2) is 9.10. The van der Waals surface area contributed by atoms with Crippen molar-refractivity contribution in [2.24, 2.45) is 0 Å². The Kier molecular flexibility index (Phi) is 5.70. The van der Waals surface area contributed by atoms with Crippen LogP contribution in [0.1, 0.15) is 16.8 Å². The van der Waals surface area contributed by atoms with Crippen LogP contribution in [-0.4, -0.2) is 52.1 Å². The first-order valence-electron chi connectivity index (χ1n) is 10.7. The number of nitrogens with zero attached hydrogens (tertiary/aromatic N) is 5. The zero-order valence-corrected chi connectivity index (χ0v) is 18.5. The first-order valence-corrected chi connectivity index (χ1v) is 10.7. The van der Waals surface area contributed by atoms with Gasteiger partial charge in [0.15, 0.2) is 0 Å². The molecule has 5 rings (SSSR count). The number of rotatable bonds is 1. The van der Waals surface area contributed by atoms with Crippen LogP contribution in [0.5, 0.6) is 5.88 Å². The van der Waals surface area contributed by atoms with E-state index in [0.29, 0.717) is 24.1 Å². The van der Waals surface area contributed by atoms with E-state index in [9.17, 15) is 0 Å². The van der Waals surface area contributed by atoms with E-state index < -0.39 is 0 Å². The molecular weight excluding hydrogens is 414 g/mol. The Morgan fingerprint density at radius 2 is 1.97 bits per heavy atom. The standard InChI is InChI=1S/C25H23N7O/c1-26-25-21-15-28-23-13-20(21)18(14-29-25)6-7-19-12-17(8-9-27-19)16-32(2)10-11-33-24-5-3-4-22(30-23)31-24/h3-5,8-9,12-15H,10-11,16H2,1-2H3,(H,26,29)(H,28,30,31). The molecule has 2 N–H and O–H groups in total. The lowest BCUT2D eigenvalue weighted by Gasteiger charge is -2.17. The summed E-state index contributed by atoms with van der Waals surface area (Å²) in [4.78, 5) is 20.2. The molecule has 0 fully saturated rings. The zero-order chi connectivity index (χ0) is 22.6. The van der Waals surface area contributed by atoms with E-state index in [4.69, 9.17) is 4.74 Å². The van der Waals surface area contributed by atoms with Crippen LogP contribution in [0, 0.1) is 11.8 Å². The lowest BCUT2D eigenvalue weighted by Crippen LogP contribution is -2.24. The lowest BCUT2D eigenvalue weighted by molar-refractivity contribution is 0.227. The molecule has 4 aromatic heterocycles. The van der Waals surface area contributed by atoms with Crippen LogP contribution in [-0.2, 0) is 6.54 Å². The summed E-state index contributed by atoms with van der Waals surface area (Å²) in [5.74, 6) is 9.07. The second-order valence-electron chi connectivity index (χ2n) is 7.76. The van der Waals surface area contributed by atoms with Gasteiger partial charge in [0.1, 0.15) is 29.8 Å². The molecule has 0 atom stereocenters. The van der Waals surface area contributed by atoms with Crippen LogP contribution in [0.2, 0.25) is 0 Å². The van der Waals surface area contributed by atoms with Crippen LogP contribution < -0.4 is 15.4 Å². The van der Waals surface area contributed by atoms with E-state index in [2.05, 4.69) is 54.4 Å². The number of fused-ring (bicyclic) bond motifs is 5. The highest BCUT2D eigenvalue weighted by Gasteiger charge is 2.10. The van der Waals surface area contributed by atoms with Crippen molar-refractivity contribution in [1.82, 2.24) is 24.8 Å². The van der Waals surface area contributed by atoms with Gasteiger partial charge in [-0.3, -0.25) is 4.90 Å². The number of hydrogen-bond donors (Lipinski definition) is 2. The number of likely N-dealkylation sites (N-methyl/N-ethyl adjacent to an activating group) is 1. The molecule has 1 aliphatic heterocycles. The smallest absolute Gasteiger partial charge is 0.215 e. The van der Waals surface area contributed by atoms with Crippen molar-refractivity contribution in [2.75, 3.05) is 37.9 Å². The van der Waals surface area contributed by atoms with Crippen molar-refractivity contribution >= 4 is 28.2 Å². The van der Waals surface area contributed by atoms with E-state index >= 15 is 0 Å². The van der Waals surface area contributed by atoms with Gasteiger partial charge in [-0.25, -0.2) is 15.0 Å². The molecule has 6 bridgehead atoms. The Morgan fingerprint density at radius 3 is 2.88 bits per heavy atom. The molecule has 33 heavy (non-hydrogen) atoms. The van der Waals surface area contributed by atoms with Gasteiger partial charge in [-0.1, -0.05) is 12.0 Å². The largest absolute Gasteiger partial charge is 0.476 e.